The van der Waals surface area contributed by atoms with Gasteiger partial charge < -0.3 is 10.6 Å². The highest BCUT2D eigenvalue weighted by atomic mass is 32.2. The molecule has 1 aliphatic carbocycles. The Kier molecular flexibility index (Phi) is 4.98. The Bertz CT molecular complexity index is 196. The Morgan fingerprint density at radius 1 is 1.25 bits per heavy atom. The molecule has 2 aliphatic rings. The number of hydrogen-bond donors (Lipinski definition) is 2. The van der Waals surface area contributed by atoms with Gasteiger partial charge in [0.2, 0.25) is 0 Å². The maximum atomic E-state index is 3.76. The third-order valence-electron chi connectivity index (χ3n) is 4.00. The highest BCUT2D eigenvalue weighted by Gasteiger charge is 2.27. The van der Waals surface area contributed by atoms with Crippen molar-refractivity contribution in [2.24, 2.45) is 0 Å². The monoisotopic (exact) mass is 242 g/mol. The van der Waals surface area contributed by atoms with E-state index in [1.807, 2.05) is 0 Å². The second kappa shape index (κ2) is 6.27. The van der Waals surface area contributed by atoms with Gasteiger partial charge in [-0.1, -0.05) is 12.8 Å². The van der Waals surface area contributed by atoms with Crippen molar-refractivity contribution in [1.82, 2.24) is 10.6 Å². The van der Waals surface area contributed by atoms with Crippen LogP contribution in [0.15, 0.2) is 0 Å². The van der Waals surface area contributed by atoms with Crippen molar-refractivity contribution in [1.29, 1.82) is 0 Å². The molecule has 1 aliphatic heterocycles. The first-order valence-corrected chi connectivity index (χ1v) is 7.91. The van der Waals surface area contributed by atoms with Crippen LogP contribution in [0.3, 0.4) is 0 Å². The van der Waals surface area contributed by atoms with Crippen LogP contribution in [0, 0.1) is 0 Å². The molecule has 0 unspecified atom stereocenters. The van der Waals surface area contributed by atoms with Gasteiger partial charge in [-0.3, -0.25) is 0 Å². The largest absolute Gasteiger partial charge is 0.317 e. The smallest absolute Gasteiger partial charge is 0.0153 e. The zero-order chi connectivity index (χ0) is 11.3. The minimum Gasteiger partial charge on any atom is -0.317 e. The lowest BCUT2D eigenvalue weighted by molar-refractivity contribution is 0.376. The molecule has 2 fully saturated rings. The first-order chi connectivity index (χ1) is 7.79. The van der Waals surface area contributed by atoms with Crippen LogP contribution in [0.2, 0.25) is 0 Å². The molecule has 16 heavy (non-hydrogen) atoms. The highest BCUT2D eigenvalue weighted by molar-refractivity contribution is 7.99. The lowest BCUT2D eigenvalue weighted by Crippen LogP contribution is -2.41. The molecule has 0 spiro atoms. The fourth-order valence-electron chi connectivity index (χ4n) is 2.87. The molecule has 1 saturated carbocycles. The average Bonchev–Trinajstić information content (AvgIpc) is 2.74. The van der Waals surface area contributed by atoms with Gasteiger partial charge in [0.1, 0.15) is 0 Å². The zero-order valence-electron chi connectivity index (χ0n) is 10.6. The van der Waals surface area contributed by atoms with E-state index in [2.05, 4.69) is 29.3 Å². The van der Waals surface area contributed by atoms with Crippen LogP contribution < -0.4 is 10.6 Å². The second-order valence-electron chi connectivity index (χ2n) is 5.51. The Hall–Kier alpha value is 0.270. The summed E-state index contributed by atoms with van der Waals surface area (Å²) < 4.78 is 0. The van der Waals surface area contributed by atoms with E-state index in [9.17, 15) is 0 Å². The lowest BCUT2D eigenvalue weighted by atomic mass is 10.0. The molecule has 94 valence electrons. The van der Waals surface area contributed by atoms with Crippen LogP contribution in [0.25, 0.3) is 0 Å². The fraction of sp³-hybridized carbons (Fsp3) is 1.00. The van der Waals surface area contributed by atoms with Gasteiger partial charge in [0.15, 0.2) is 0 Å². The Balaban J connectivity index is 1.54. The minimum absolute atomic E-state index is 0.467. The molecule has 1 heterocycles. The molecule has 2 rings (SSSR count). The lowest BCUT2D eigenvalue weighted by Gasteiger charge is -2.26. The maximum Gasteiger partial charge on any atom is 0.0153 e. The number of nitrogens with one attached hydrogen (secondary N) is 2. The predicted molar refractivity (Wildman–Crippen MR) is 73.2 cm³/mol. The van der Waals surface area contributed by atoms with Gasteiger partial charge in [0.05, 0.1) is 0 Å². The van der Waals surface area contributed by atoms with Crippen LogP contribution in [-0.4, -0.2) is 36.2 Å². The predicted octanol–water partition coefficient (Wildman–Crippen LogP) is 2.39. The first kappa shape index (κ1) is 12.7. The molecule has 0 aromatic rings. The van der Waals surface area contributed by atoms with Crippen LogP contribution in [-0.2, 0) is 0 Å². The summed E-state index contributed by atoms with van der Waals surface area (Å²) >= 11 is 2.18. The van der Waals surface area contributed by atoms with Crippen molar-refractivity contribution < 1.29 is 0 Å². The van der Waals surface area contributed by atoms with Crippen molar-refractivity contribution in [3.8, 4) is 0 Å². The number of piperidine rings is 1. The van der Waals surface area contributed by atoms with E-state index in [0.717, 1.165) is 5.25 Å². The zero-order valence-corrected chi connectivity index (χ0v) is 11.4. The molecule has 0 bridgehead atoms. The molecular weight excluding hydrogens is 216 g/mol. The van der Waals surface area contributed by atoms with Crippen molar-refractivity contribution in [3.63, 3.8) is 0 Å². The third-order valence-corrected chi connectivity index (χ3v) is 5.38. The van der Waals surface area contributed by atoms with E-state index >= 15 is 0 Å². The Labute approximate surface area is 104 Å². The van der Waals surface area contributed by atoms with Gasteiger partial charge in [-0.05, 0) is 45.7 Å². The molecule has 0 atom stereocenters. The molecule has 2 N–H and O–H groups in total. The normalized spacial score (nSPS) is 26.1. The molecule has 3 heteroatoms. The summed E-state index contributed by atoms with van der Waals surface area (Å²) in [7, 11) is 0. The molecule has 0 aromatic heterocycles. The van der Waals surface area contributed by atoms with E-state index in [1.54, 1.807) is 0 Å². The van der Waals surface area contributed by atoms with E-state index in [-0.39, 0.29) is 0 Å². The Morgan fingerprint density at radius 2 is 1.94 bits per heavy atom. The van der Waals surface area contributed by atoms with Crippen molar-refractivity contribution in [3.05, 3.63) is 0 Å². The molecule has 0 amide bonds. The molecule has 2 nitrogen and oxygen atoms in total. The van der Waals surface area contributed by atoms with Crippen LogP contribution >= 0.6 is 11.8 Å². The minimum atomic E-state index is 0.467. The second-order valence-corrected chi connectivity index (χ2v) is 6.92. The van der Waals surface area contributed by atoms with Crippen molar-refractivity contribution >= 4 is 11.8 Å². The summed E-state index contributed by atoms with van der Waals surface area (Å²) in [6.45, 7) is 6.05. The van der Waals surface area contributed by atoms with Crippen LogP contribution in [0.5, 0.6) is 0 Å². The third kappa shape index (κ3) is 3.94. The number of rotatable bonds is 5. The van der Waals surface area contributed by atoms with Crippen molar-refractivity contribution in [2.75, 3.05) is 25.4 Å². The van der Waals surface area contributed by atoms with E-state index < -0.39 is 0 Å². The van der Waals surface area contributed by atoms with E-state index in [4.69, 9.17) is 0 Å². The molecule has 0 aromatic carbocycles. The molecular formula is C13H26N2S. The highest BCUT2D eigenvalue weighted by Crippen LogP contribution is 2.29. The van der Waals surface area contributed by atoms with Gasteiger partial charge >= 0.3 is 0 Å². The number of thioether (sulfide) groups is 1. The van der Waals surface area contributed by atoms with Gasteiger partial charge in [0.25, 0.3) is 0 Å². The summed E-state index contributed by atoms with van der Waals surface area (Å²) in [4.78, 5) is 0. The van der Waals surface area contributed by atoms with Gasteiger partial charge in [-0.15, -0.1) is 0 Å². The first-order valence-electron chi connectivity index (χ1n) is 6.86. The summed E-state index contributed by atoms with van der Waals surface area (Å²) in [5, 5.41) is 8.10. The molecule has 0 radical (unpaired) electrons. The summed E-state index contributed by atoms with van der Waals surface area (Å²) in [6, 6.07) is 0. The van der Waals surface area contributed by atoms with Gasteiger partial charge in [0, 0.05) is 23.1 Å². The summed E-state index contributed by atoms with van der Waals surface area (Å²) in [5.41, 5.74) is 0.467. The van der Waals surface area contributed by atoms with Crippen LogP contribution in [0.4, 0.5) is 0 Å². The summed E-state index contributed by atoms with van der Waals surface area (Å²) in [5.74, 6) is 1.29. The quantitative estimate of drug-likeness (QED) is 0.724. The SMILES string of the molecule is CC1(NCCSC2CCNCC2)CCCC1. The van der Waals surface area contributed by atoms with E-state index in [0.29, 0.717) is 5.54 Å². The van der Waals surface area contributed by atoms with Crippen LogP contribution in [0.1, 0.15) is 45.4 Å². The topological polar surface area (TPSA) is 24.1 Å². The van der Waals surface area contributed by atoms with Gasteiger partial charge in [-0.25, -0.2) is 0 Å². The summed E-state index contributed by atoms with van der Waals surface area (Å²) in [6.07, 6.45) is 8.33. The molecule has 1 saturated heterocycles. The Morgan fingerprint density at radius 3 is 2.62 bits per heavy atom. The average molecular weight is 242 g/mol. The fourth-order valence-corrected chi connectivity index (χ4v) is 3.99. The standard InChI is InChI=1S/C13H26N2S/c1-13(6-2-3-7-13)15-10-11-16-12-4-8-14-9-5-12/h12,14-15H,2-11H2,1H3. The number of hydrogen-bond acceptors (Lipinski definition) is 3. The van der Waals surface area contributed by atoms with Gasteiger partial charge in [-0.2, -0.15) is 11.8 Å². The van der Waals surface area contributed by atoms with Crippen molar-refractivity contribution in [2.45, 2.75) is 56.2 Å². The van der Waals surface area contributed by atoms with E-state index in [1.165, 1.54) is 63.9 Å². The maximum absolute atomic E-state index is 3.76.